The lowest BCUT2D eigenvalue weighted by Crippen LogP contribution is -2.19. The molecule has 5 nitrogen and oxygen atoms in total. The van der Waals surface area contributed by atoms with Crippen molar-refractivity contribution in [2.75, 3.05) is 10.6 Å². The van der Waals surface area contributed by atoms with E-state index in [2.05, 4.69) is 69.3 Å². The van der Waals surface area contributed by atoms with Gasteiger partial charge in [-0.05, 0) is 52.3 Å². The fourth-order valence-electron chi connectivity index (χ4n) is 3.01. The Bertz CT molecular complexity index is 1010. The Morgan fingerprint density at radius 1 is 0.710 bits per heavy atom. The lowest BCUT2D eigenvalue weighted by atomic mass is 9.87. The van der Waals surface area contributed by atoms with Crippen molar-refractivity contribution in [2.45, 2.75) is 52.4 Å². The number of urea groups is 1. The van der Waals surface area contributed by atoms with Gasteiger partial charge in [-0.3, -0.25) is 0 Å². The molecular formula is C26H31N3O2. The Hall–Kier alpha value is -3.34. The maximum absolute atomic E-state index is 12.3. The molecule has 3 aromatic rings. The molecule has 31 heavy (non-hydrogen) atoms. The van der Waals surface area contributed by atoms with Gasteiger partial charge < -0.3 is 15.4 Å². The molecule has 0 saturated heterocycles. The minimum absolute atomic E-state index is 0.0743. The number of rotatable bonds is 4. The van der Waals surface area contributed by atoms with Crippen molar-refractivity contribution in [1.29, 1.82) is 0 Å². The number of benzene rings is 2. The van der Waals surface area contributed by atoms with Crippen molar-refractivity contribution in [2.24, 2.45) is 0 Å². The molecule has 0 spiro atoms. The van der Waals surface area contributed by atoms with Gasteiger partial charge in [-0.15, -0.1) is 0 Å². The van der Waals surface area contributed by atoms with Crippen LogP contribution in [-0.4, -0.2) is 11.0 Å². The minimum Gasteiger partial charge on any atom is -0.439 e. The number of carbonyl (C=O) groups is 1. The molecule has 0 aliphatic carbocycles. The van der Waals surface area contributed by atoms with E-state index >= 15 is 0 Å². The highest BCUT2D eigenvalue weighted by atomic mass is 16.5. The van der Waals surface area contributed by atoms with Crippen molar-refractivity contribution in [3.63, 3.8) is 0 Å². The van der Waals surface area contributed by atoms with Crippen LogP contribution in [0.5, 0.6) is 11.6 Å². The molecule has 0 radical (unpaired) electrons. The Morgan fingerprint density at radius 2 is 1.19 bits per heavy atom. The summed E-state index contributed by atoms with van der Waals surface area (Å²) in [6.07, 6.45) is 1.57. The molecule has 162 valence electrons. The molecule has 0 aliphatic rings. The zero-order valence-electron chi connectivity index (χ0n) is 19.1. The fraction of sp³-hybridized carbons (Fsp3) is 0.308. The van der Waals surface area contributed by atoms with E-state index in [1.54, 1.807) is 18.3 Å². The molecule has 0 fully saturated rings. The Labute approximate surface area is 184 Å². The number of aromatic nitrogens is 1. The van der Waals surface area contributed by atoms with Crippen LogP contribution in [0.25, 0.3) is 0 Å². The summed E-state index contributed by atoms with van der Waals surface area (Å²) in [5.74, 6) is 1.19. The van der Waals surface area contributed by atoms with Gasteiger partial charge in [-0.1, -0.05) is 65.8 Å². The molecule has 0 unspecified atom stereocenters. The molecule has 0 atom stereocenters. The number of pyridine rings is 1. The molecule has 3 rings (SSSR count). The molecule has 0 bridgehead atoms. The zero-order valence-corrected chi connectivity index (χ0v) is 19.1. The van der Waals surface area contributed by atoms with Crippen LogP contribution in [-0.2, 0) is 10.8 Å². The third-order valence-electron chi connectivity index (χ3n) is 4.95. The maximum Gasteiger partial charge on any atom is 0.323 e. The third-order valence-corrected chi connectivity index (χ3v) is 4.95. The summed E-state index contributed by atoms with van der Waals surface area (Å²) in [4.78, 5) is 16.6. The van der Waals surface area contributed by atoms with Crippen LogP contribution in [0.15, 0.2) is 66.9 Å². The molecule has 2 N–H and O–H groups in total. The Balaban J connectivity index is 1.56. The highest BCUT2D eigenvalue weighted by Gasteiger charge is 2.14. The predicted molar refractivity (Wildman–Crippen MR) is 127 cm³/mol. The topological polar surface area (TPSA) is 63.2 Å². The summed E-state index contributed by atoms with van der Waals surface area (Å²) in [7, 11) is 0. The quantitative estimate of drug-likeness (QED) is 0.475. The molecule has 1 heterocycles. The monoisotopic (exact) mass is 417 g/mol. The largest absolute Gasteiger partial charge is 0.439 e. The first-order chi connectivity index (χ1) is 14.5. The average Bonchev–Trinajstić information content (AvgIpc) is 2.69. The molecule has 2 amide bonds. The van der Waals surface area contributed by atoms with E-state index in [0.717, 1.165) is 11.4 Å². The first-order valence-corrected chi connectivity index (χ1v) is 10.4. The second-order valence-corrected chi connectivity index (χ2v) is 9.67. The summed E-state index contributed by atoms with van der Waals surface area (Å²) >= 11 is 0. The lowest BCUT2D eigenvalue weighted by Gasteiger charge is -2.19. The van der Waals surface area contributed by atoms with Crippen molar-refractivity contribution >= 4 is 17.4 Å². The molecular weight excluding hydrogens is 386 g/mol. The molecule has 0 aliphatic heterocycles. The number of amides is 2. The summed E-state index contributed by atoms with van der Waals surface area (Å²) in [5.41, 5.74) is 3.94. The number of nitrogens with one attached hydrogen (secondary N) is 2. The molecule has 1 aromatic heterocycles. The SMILES string of the molecule is CC(C)(C)c1ccc(NC(=O)Nc2ccc(Oc3ccc(C(C)(C)C)cc3)nc2)cc1. The van der Waals surface area contributed by atoms with Gasteiger partial charge in [0, 0.05) is 11.8 Å². The summed E-state index contributed by atoms with van der Waals surface area (Å²) in [6, 6.07) is 19.0. The number of anilines is 2. The van der Waals surface area contributed by atoms with Crippen LogP contribution in [0.2, 0.25) is 0 Å². The second kappa shape index (κ2) is 8.80. The summed E-state index contributed by atoms with van der Waals surface area (Å²) in [6.45, 7) is 13.0. The number of hydrogen-bond acceptors (Lipinski definition) is 3. The van der Waals surface area contributed by atoms with E-state index in [1.165, 1.54) is 11.1 Å². The van der Waals surface area contributed by atoms with Crippen molar-refractivity contribution in [3.05, 3.63) is 78.0 Å². The molecule has 2 aromatic carbocycles. The Kier molecular flexibility index (Phi) is 6.34. The number of carbonyl (C=O) groups excluding carboxylic acids is 1. The molecule has 0 saturated carbocycles. The van der Waals surface area contributed by atoms with Gasteiger partial charge in [0.2, 0.25) is 5.88 Å². The van der Waals surface area contributed by atoms with Crippen LogP contribution in [0.1, 0.15) is 52.7 Å². The van der Waals surface area contributed by atoms with Crippen LogP contribution in [0.4, 0.5) is 16.2 Å². The number of nitrogens with zero attached hydrogens (tertiary/aromatic N) is 1. The highest BCUT2D eigenvalue weighted by molar-refractivity contribution is 5.99. The molecule has 5 heteroatoms. The van der Waals surface area contributed by atoms with Gasteiger partial charge in [0.05, 0.1) is 11.9 Å². The van der Waals surface area contributed by atoms with Crippen LogP contribution < -0.4 is 15.4 Å². The van der Waals surface area contributed by atoms with Crippen LogP contribution >= 0.6 is 0 Å². The van der Waals surface area contributed by atoms with E-state index < -0.39 is 0 Å². The first kappa shape index (κ1) is 22.3. The fourth-order valence-corrected chi connectivity index (χ4v) is 3.01. The van der Waals surface area contributed by atoms with Crippen molar-refractivity contribution in [3.8, 4) is 11.6 Å². The Morgan fingerprint density at radius 3 is 1.68 bits per heavy atom. The summed E-state index contributed by atoms with van der Waals surface area (Å²) in [5, 5.41) is 5.61. The number of ether oxygens (including phenoxy) is 1. The van der Waals surface area contributed by atoms with E-state index in [0.29, 0.717) is 11.6 Å². The van der Waals surface area contributed by atoms with Gasteiger partial charge in [0.15, 0.2) is 0 Å². The van der Waals surface area contributed by atoms with Gasteiger partial charge in [0.1, 0.15) is 5.75 Å². The summed E-state index contributed by atoms with van der Waals surface area (Å²) < 4.78 is 5.80. The normalized spacial score (nSPS) is 11.7. The van der Waals surface area contributed by atoms with E-state index in [9.17, 15) is 4.79 Å². The van der Waals surface area contributed by atoms with Crippen LogP contribution in [0.3, 0.4) is 0 Å². The minimum atomic E-state index is -0.322. The van der Waals surface area contributed by atoms with Gasteiger partial charge in [0.25, 0.3) is 0 Å². The van der Waals surface area contributed by atoms with E-state index in [1.807, 2.05) is 36.4 Å². The number of hydrogen-bond donors (Lipinski definition) is 2. The first-order valence-electron chi connectivity index (χ1n) is 10.4. The van der Waals surface area contributed by atoms with Crippen molar-refractivity contribution < 1.29 is 9.53 Å². The van der Waals surface area contributed by atoms with Gasteiger partial charge in [-0.2, -0.15) is 0 Å². The third kappa shape index (κ3) is 6.32. The van der Waals surface area contributed by atoms with Crippen LogP contribution in [0, 0.1) is 0 Å². The smallest absolute Gasteiger partial charge is 0.323 e. The lowest BCUT2D eigenvalue weighted by molar-refractivity contribution is 0.262. The average molecular weight is 418 g/mol. The standard InChI is InChI=1S/C26H31N3O2/c1-25(2,3)18-7-11-20(12-8-18)28-24(30)29-21-13-16-23(27-17-21)31-22-14-9-19(10-15-22)26(4,5)6/h7-17H,1-6H3,(H2,28,29,30). The van der Waals surface area contributed by atoms with Gasteiger partial charge in [-0.25, -0.2) is 9.78 Å². The van der Waals surface area contributed by atoms with E-state index in [4.69, 9.17) is 4.74 Å². The maximum atomic E-state index is 12.3. The van der Waals surface area contributed by atoms with E-state index in [-0.39, 0.29) is 16.9 Å². The van der Waals surface area contributed by atoms with Crippen molar-refractivity contribution in [1.82, 2.24) is 4.98 Å². The predicted octanol–water partition coefficient (Wildman–Crippen LogP) is 7.11. The highest BCUT2D eigenvalue weighted by Crippen LogP contribution is 2.27. The zero-order chi connectivity index (χ0) is 22.6. The van der Waals surface area contributed by atoms with Gasteiger partial charge >= 0.3 is 6.03 Å². The second-order valence-electron chi connectivity index (χ2n) is 9.67.